The smallest absolute Gasteiger partial charge is 0.417 e. The van der Waals surface area contributed by atoms with E-state index in [0.717, 1.165) is 6.07 Å². The van der Waals surface area contributed by atoms with Gasteiger partial charge in [0.15, 0.2) is 0 Å². The lowest BCUT2D eigenvalue weighted by molar-refractivity contribution is -0.137. The Morgan fingerprint density at radius 3 is 2.58 bits per heavy atom. The molecule has 1 aromatic carbocycles. The SMILES string of the molecule is CNCc1ccc(-c2ccc(Cl)cc2C(F)(F)F)o1. The van der Waals surface area contributed by atoms with Gasteiger partial charge in [-0.15, -0.1) is 0 Å². The molecule has 2 nitrogen and oxygen atoms in total. The molecule has 0 radical (unpaired) electrons. The summed E-state index contributed by atoms with van der Waals surface area (Å²) in [7, 11) is 1.73. The fourth-order valence-electron chi connectivity index (χ4n) is 1.76. The van der Waals surface area contributed by atoms with Gasteiger partial charge in [-0.1, -0.05) is 11.6 Å². The maximum absolute atomic E-state index is 13.0. The van der Waals surface area contributed by atoms with Crippen LogP contribution in [0.3, 0.4) is 0 Å². The van der Waals surface area contributed by atoms with Crippen molar-refractivity contribution in [1.82, 2.24) is 5.32 Å². The van der Waals surface area contributed by atoms with Crippen LogP contribution in [-0.4, -0.2) is 7.05 Å². The van der Waals surface area contributed by atoms with Crippen molar-refractivity contribution in [3.63, 3.8) is 0 Å². The summed E-state index contributed by atoms with van der Waals surface area (Å²) in [5, 5.41) is 2.91. The molecule has 0 fully saturated rings. The van der Waals surface area contributed by atoms with Gasteiger partial charge in [0, 0.05) is 10.6 Å². The van der Waals surface area contributed by atoms with Gasteiger partial charge < -0.3 is 9.73 Å². The summed E-state index contributed by atoms with van der Waals surface area (Å²) in [5.41, 5.74) is -0.815. The molecule has 1 N–H and O–H groups in total. The van der Waals surface area contributed by atoms with Crippen LogP contribution in [0.1, 0.15) is 11.3 Å². The second kappa shape index (κ2) is 5.27. The minimum atomic E-state index is -4.48. The van der Waals surface area contributed by atoms with Crippen LogP contribution in [0.4, 0.5) is 13.2 Å². The molecule has 0 atom stereocenters. The number of halogens is 4. The Morgan fingerprint density at radius 1 is 1.21 bits per heavy atom. The first kappa shape index (κ1) is 14.0. The maximum atomic E-state index is 13.0. The number of rotatable bonds is 3. The van der Waals surface area contributed by atoms with E-state index in [9.17, 15) is 13.2 Å². The first-order chi connectivity index (χ1) is 8.91. The molecule has 0 spiro atoms. The molecule has 0 saturated heterocycles. The Balaban J connectivity index is 2.48. The van der Waals surface area contributed by atoms with Gasteiger partial charge in [-0.05, 0) is 37.4 Å². The number of nitrogens with one attached hydrogen (secondary N) is 1. The molecule has 6 heteroatoms. The summed E-state index contributed by atoms with van der Waals surface area (Å²) in [5.74, 6) is 0.745. The Bertz CT molecular complexity index is 578. The van der Waals surface area contributed by atoms with Crippen LogP contribution in [-0.2, 0) is 12.7 Å². The van der Waals surface area contributed by atoms with Crippen LogP contribution >= 0.6 is 11.6 Å². The standard InChI is InChI=1S/C13H11ClF3NO/c1-18-7-9-3-5-12(19-9)10-4-2-8(14)6-11(10)13(15,16)17/h2-6,18H,7H2,1H3. The zero-order valence-corrected chi connectivity index (χ0v) is 10.8. The normalized spacial score (nSPS) is 11.8. The van der Waals surface area contributed by atoms with Crippen LogP contribution in [0, 0.1) is 0 Å². The number of furan rings is 1. The van der Waals surface area contributed by atoms with Gasteiger partial charge in [-0.3, -0.25) is 0 Å². The van der Waals surface area contributed by atoms with Crippen LogP contribution in [0.2, 0.25) is 5.02 Å². The van der Waals surface area contributed by atoms with Gasteiger partial charge in [-0.2, -0.15) is 13.2 Å². The Hall–Kier alpha value is -1.46. The Kier molecular flexibility index (Phi) is 3.87. The third-order valence-corrected chi connectivity index (χ3v) is 2.80. The van der Waals surface area contributed by atoms with Gasteiger partial charge in [0.1, 0.15) is 11.5 Å². The van der Waals surface area contributed by atoms with Crippen molar-refractivity contribution >= 4 is 11.6 Å². The van der Waals surface area contributed by atoms with E-state index in [0.29, 0.717) is 12.3 Å². The molecule has 0 aliphatic carbocycles. The van der Waals surface area contributed by atoms with Crippen LogP contribution in [0.25, 0.3) is 11.3 Å². The zero-order chi connectivity index (χ0) is 14.0. The summed E-state index contributed by atoms with van der Waals surface area (Å²) < 4.78 is 44.2. The number of hydrogen-bond acceptors (Lipinski definition) is 2. The molecule has 0 aliphatic heterocycles. The lowest BCUT2D eigenvalue weighted by atomic mass is 10.1. The van der Waals surface area contributed by atoms with Crippen molar-refractivity contribution in [3.8, 4) is 11.3 Å². The highest BCUT2D eigenvalue weighted by atomic mass is 35.5. The van der Waals surface area contributed by atoms with Crippen molar-refractivity contribution in [2.45, 2.75) is 12.7 Å². The zero-order valence-electron chi connectivity index (χ0n) is 10.0. The van der Waals surface area contributed by atoms with Crippen molar-refractivity contribution in [1.29, 1.82) is 0 Å². The first-order valence-electron chi connectivity index (χ1n) is 5.52. The average molecular weight is 290 g/mol. The molecule has 0 unspecified atom stereocenters. The lowest BCUT2D eigenvalue weighted by Crippen LogP contribution is -2.07. The van der Waals surface area contributed by atoms with E-state index in [1.165, 1.54) is 18.2 Å². The van der Waals surface area contributed by atoms with Gasteiger partial charge in [-0.25, -0.2) is 0 Å². The molecule has 0 aliphatic rings. The van der Waals surface area contributed by atoms with Gasteiger partial charge in [0.05, 0.1) is 12.1 Å². The summed E-state index contributed by atoms with van der Waals surface area (Å²) >= 11 is 5.62. The molecule has 1 heterocycles. The minimum absolute atomic E-state index is 0.0146. The third kappa shape index (κ3) is 3.11. The Labute approximate surface area is 113 Å². The van der Waals surface area contributed by atoms with Crippen molar-refractivity contribution < 1.29 is 17.6 Å². The fourth-order valence-corrected chi connectivity index (χ4v) is 1.93. The molecule has 102 valence electrons. The van der Waals surface area contributed by atoms with Crippen LogP contribution in [0.5, 0.6) is 0 Å². The van der Waals surface area contributed by atoms with E-state index >= 15 is 0 Å². The van der Waals surface area contributed by atoms with E-state index in [-0.39, 0.29) is 16.3 Å². The second-order valence-corrected chi connectivity index (χ2v) is 4.42. The fraction of sp³-hybridized carbons (Fsp3) is 0.231. The molecule has 2 aromatic rings. The van der Waals surface area contributed by atoms with E-state index in [2.05, 4.69) is 5.32 Å². The van der Waals surface area contributed by atoms with Crippen LogP contribution in [0.15, 0.2) is 34.7 Å². The van der Waals surface area contributed by atoms with Crippen LogP contribution < -0.4 is 5.32 Å². The predicted octanol–water partition coefficient (Wildman–Crippen LogP) is 4.34. The van der Waals surface area contributed by atoms with E-state index in [4.69, 9.17) is 16.0 Å². The van der Waals surface area contributed by atoms with Gasteiger partial charge >= 0.3 is 6.18 Å². The Morgan fingerprint density at radius 2 is 1.95 bits per heavy atom. The number of hydrogen-bond donors (Lipinski definition) is 1. The average Bonchev–Trinajstić information content (AvgIpc) is 2.77. The third-order valence-electron chi connectivity index (χ3n) is 2.57. The van der Waals surface area contributed by atoms with Crippen molar-refractivity contribution in [2.24, 2.45) is 0 Å². The van der Waals surface area contributed by atoms with E-state index < -0.39 is 11.7 Å². The lowest BCUT2D eigenvalue weighted by Gasteiger charge is -2.11. The second-order valence-electron chi connectivity index (χ2n) is 3.98. The topological polar surface area (TPSA) is 25.2 Å². The number of benzene rings is 1. The minimum Gasteiger partial charge on any atom is -0.460 e. The monoisotopic (exact) mass is 289 g/mol. The quantitative estimate of drug-likeness (QED) is 0.909. The molecule has 2 rings (SSSR count). The highest BCUT2D eigenvalue weighted by molar-refractivity contribution is 6.30. The molecule has 19 heavy (non-hydrogen) atoms. The summed E-state index contributed by atoms with van der Waals surface area (Å²) in [6, 6.07) is 6.78. The summed E-state index contributed by atoms with van der Waals surface area (Å²) in [4.78, 5) is 0. The molecule has 0 saturated carbocycles. The number of alkyl halides is 3. The molecule has 0 bridgehead atoms. The molecular weight excluding hydrogens is 279 g/mol. The molecular formula is C13H11ClF3NO. The largest absolute Gasteiger partial charge is 0.460 e. The molecule has 1 aromatic heterocycles. The molecule has 0 amide bonds. The highest BCUT2D eigenvalue weighted by Gasteiger charge is 2.34. The summed E-state index contributed by atoms with van der Waals surface area (Å²) in [6.45, 7) is 0.453. The van der Waals surface area contributed by atoms with Crippen molar-refractivity contribution in [2.75, 3.05) is 7.05 Å². The first-order valence-corrected chi connectivity index (χ1v) is 5.90. The summed E-state index contributed by atoms with van der Waals surface area (Å²) in [6.07, 6.45) is -4.48. The van der Waals surface area contributed by atoms with Gasteiger partial charge in [0.2, 0.25) is 0 Å². The van der Waals surface area contributed by atoms with Gasteiger partial charge in [0.25, 0.3) is 0 Å². The van der Waals surface area contributed by atoms with E-state index in [1.54, 1.807) is 13.1 Å². The van der Waals surface area contributed by atoms with Crippen molar-refractivity contribution in [3.05, 3.63) is 46.7 Å². The highest BCUT2D eigenvalue weighted by Crippen LogP contribution is 2.39. The van der Waals surface area contributed by atoms with E-state index in [1.807, 2.05) is 0 Å². The predicted molar refractivity (Wildman–Crippen MR) is 66.9 cm³/mol. The maximum Gasteiger partial charge on any atom is 0.417 e.